The van der Waals surface area contributed by atoms with Crippen LogP contribution in [-0.4, -0.2) is 34.6 Å². The largest absolute Gasteiger partial charge is 0.481 e. The minimum Gasteiger partial charge on any atom is -0.481 e. The maximum absolute atomic E-state index is 10.4. The van der Waals surface area contributed by atoms with Gasteiger partial charge in [-0.1, -0.05) is 13.8 Å². The molecule has 0 aromatic carbocycles. The van der Waals surface area contributed by atoms with Gasteiger partial charge in [0.25, 0.3) is 0 Å². The van der Waals surface area contributed by atoms with Crippen molar-refractivity contribution in [3.8, 4) is 0 Å². The van der Waals surface area contributed by atoms with Crippen molar-refractivity contribution in [2.45, 2.75) is 26.2 Å². The highest BCUT2D eigenvalue weighted by molar-refractivity contribution is 5.67. The Bertz CT molecular complexity index is 349. The van der Waals surface area contributed by atoms with E-state index in [2.05, 4.69) is 23.8 Å². The number of carbonyl (C=O) groups is 1. The number of hydrogen-bond donors (Lipinski definition) is 1. The van der Waals surface area contributed by atoms with Crippen LogP contribution in [0.25, 0.3) is 0 Å². The van der Waals surface area contributed by atoms with Crippen LogP contribution in [0.3, 0.4) is 0 Å². The molecule has 0 fully saturated rings. The van der Waals surface area contributed by atoms with Gasteiger partial charge in [0.05, 0.1) is 6.42 Å². The average Bonchev–Trinajstić information content (AvgIpc) is 2.26. The third kappa shape index (κ3) is 3.49. The molecule has 0 aliphatic rings. The predicted molar refractivity (Wildman–Crippen MR) is 61.6 cm³/mol. The second-order valence-electron chi connectivity index (χ2n) is 4.04. The highest BCUT2D eigenvalue weighted by Gasteiger charge is 2.07. The van der Waals surface area contributed by atoms with Gasteiger partial charge in [-0.15, -0.1) is 0 Å². The number of aromatic nitrogens is 2. The van der Waals surface area contributed by atoms with E-state index in [4.69, 9.17) is 5.11 Å². The van der Waals surface area contributed by atoms with Crippen LogP contribution in [-0.2, 0) is 4.79 Å². The first-order valence-corrected chi connectivity index (χ1v) is 5.25. The van der Waals surface area contributed by atoms with Crippen molar-refractivity contribution in [2.75, 3.05) is 18.5 Å². The van der Waals surface area contributed by atoms with E-state index < -0.39 is 5.97 Å². The summed E-state index contributed by atoms with van der Waals surface area (Å²) < 4.78 is 0. The Kier molecular flexibility index (Phi) is 4.22. The number of rotatable bonds is 5. The van der Waals surface area contributed by atoms with Gasteiger partial charge in [0.1, 0.15) is 0 Å². The molecule has 1 aromatic rings. The van der Waals surface area contributed by atoms with E-state index in [9.17, 15) is 4.79 Å². The average molecular weight is 223 g/mol. The zero-order chi connectivity index (χ0) is 12.1. The molecule has 0 saturated carbocycles. The molecular formula is C11H17N3O2. The van der Waals surface area contributed by atoms with Crippen LogP contribution in [0.15, 0.2) is 12.4 Å². The lowest BCUT2D eigenvalue weighted by molar-refractivity contribution is -0.136. The second kappa shape index (κ2) is 5.44. The lowest BCUT2D eigenvalue weighted by atomic mass is 10.1. The SMILES string of the molecule is CC(C)c1cnc(N(C)CCC(=O)O)nc1. The molecule has 5 nitrogen and oxygen atoms in total. The van der Waals surface area contributed by atoms with Crippen LogP contribution in [0.5, 0.6) is 0 Å². The molecule has 88 valence electrons. The first-order chi connectivity index (χ1) is 7.50. The molecule has 0 saturated heterocycles. The Hall–Kier alpha value is -1.65. The summed E-state index contributed by atoms with van der Waals surface area (Å²) >= 11 is 0. The maximum atomic E-state index is 10.4. The molecule has 1 heterocycles. The number of anilines is 1. The first kappa shape index (κ1) is 12.4. The smallest absolute Gasteiger partial charge is 0.305 e. The summed E-state index contributed by atoms with van der Waals surface area (Å²) in [4.78, 5) is 20.5. The van der Waals surface area contributed by atoms with Crippen molar-refractivity contribution in [3.05, 3.63) is 18.0 Å². The van der Waals surface area contributed by atoms with Gasteiger partial charge in [-0.25, -0.2) is 9.97 Å². The Morgan fingerprint density at radius 2 is 2.00 bits per heavy atom. The zero-order valence-corrected chi connectivity index (χ0v) is 9.84. The van der Waals surface area contributed by atoms with Gasteiger partial charge < -0.3 is 10.0 Å². The third-order valence-corrected chi connectivity index (χ3v) is 2.33. The van der Waals surface area contributed by atoms with Crippen molar-refractivity contribution in [3.63, 3.8) is 0 Å². The minimum atomic E-state index is -0.814. The number of hydrogen-bond acceptors (Lipinski definition) is 4. The molecule has 0 bridgehead atoms. The van der Waals surface area contributed by atoms with E-state index in [-0.39, 0.29) is 6.42 Å². The summed E-state index contributed by atoms with van der Waals surface area (Å²) in [5.74, 6) is 0.148. The molecule has 1 aromatic heterocycles. The second-order valence-corrected chi connectivity index (χ2v) is 4.04. The van der Waals surface area contributed by atoms with Crippen molar-refractivity contribution >= 4 is 11.9 Å². The van der Waals surface area contributed by atoms with E-state index in [0.29, 0.717) is 18.4 Å². The summed E-state index contributed by atoms with van der Waals surface area (Å²) in [6.45, 7) is 4.56. The van der Waals surface area contributed by atoms with Crippen molar-refractivity contribution < 1.29 is 9.90 Å². The molecule has 0 spiro atoms. The van der Waals surface area contributed by atoms with Gasteiger partial charge in [-0.3, -0.25) is 4.79 Å². The molecule has 0 aliphatic carbocycles. The van der Waals surface area contributed by atoms with Gasteiger partial charge in [0.2, 0.25) is 5.95 Å². The van der Waals surface area contributed by atoms with Crippen LogP contribution < -0.4 is 4.90 Å². The lowest BCUT2D eigenvalue weighted by Crippen LogP contribution is -2.23. The number of carboxylic acid groups (broad SMARTS) is 1. The van der Waals surface area contributed by atoms with Crippen molar-refractivity contribution in [1.82, 2.24) is 9.97 Å². The lowest BCUT2D eigenvalue weighted by Gasteiger charge is -2.16. The quantitative estimate of drug-likeness (QED) is 0.819. The topological polar surface area (TPSA) is 66.3 Å². The normalized spacial score (nSPS) is 10.5. The summed E-state index contributed by atoms with van der Waals surface area (Å²) in [7, 11) is 1.79. The molecule has 0 aliphatic heterocycles. The molecule has 5 heteroatoms. The standard InChI is InChI=1S/C11H17N3O2/c1-8(2)9-6-12-11(13-7-9)14(3)5-4-10(15)16/h6-8H,4-5H2,1-3H3,(H,15,16). The first-order valence-electron chi connectivity index (χ1n) is 5.25. The Labute approximate surface area is 95.1 Å². The highest BCUT2D eigenvalue weighted by Crippen LogP contribution is 2.13. The van der Waals surface area contributed by atoms with Crippen LogP contribution in [0, 0.1) is 0 Å². The van der Waals surface area contributed by atoms with Crippen LogP contribution in [0.1, 0.15) is 31.7 Å². The predicted octanol–water partition coefficient (Wildman–Crippen LogP) is 1.51. The molecule has 0 amide bonds. The highest BCUT2D eigenvalue weighted by atomic mass is 16.4. The fraction of sp³-hybridized carbons (Fsp3) is 0.545. The molecule has 1 rings (SSSR count). The number of aliphatic carboxylic acids is 1. The van der Waals surface area contributed by atoms with Gasteiger partial charge in [-0.05, 0) is 11.5 Å². The Balaban J connectivity index is 2.62. The van der Waals surface area contributed by atoms with Crippen LogP contribution in [0.2, 0.25) is 0 Å². The van der Waals surface area contributed by atoms with E-state index in [1.54, 1.807) is 24.3 Å². The van der Waals surface area contributed by atoms with Gasteiger partial charge in [0, 0.05) is 26.0 Å². The zero-order valence-electron chi connectivity index (χ0n) is 9.84. The monoisotopic (exact) mass is 223 g/mol. The van der Waals surface area contributed by atoms with Crippen molar-refractivity contribution in [2.24, 2.45) is 0 Å². The molecule has 16 heavy (non-hydrogen) atoms. The summed E-state index contributed by atoms with van der Waals surface area (Å²) in [5, 5.41) is 8.56. The summed E-state index contributed by atoms with van der Waals surface area (Å²) in [6, 6.07) is 0. The molecule has 1 N–H and O–H groups in total. The Morgan fingerprint density at radius 3 is 2.44 bits per heavy atom. The third-order valence-electron chi connectivity index (χ3n) is 2.33. The van der Waals surface area contributed by atoms with E-state index >= 15 is 0 Å². The number of carboxylic acids is 1. The summed E-state index contributed by atoms with van der Waals surface area (Å²) in [5.41, 5.74) is 1.08. The fourth-order valence-electron chi connectivity index (χ4n) is 1.19. The Morgan fingerprint density at radius 1 is 1.44 bits per heavy atom. The fourth-order valence-corrected chi connectivity index (χ4v) is 1.19. The summed E-state index contributed by atoms with van der Waals surface area (Å²) in [6.07, 6.45) is 3.65. The van der Waals surface area contributed by atoms with Crippen LogP contribution >= 0.6 is 0 Å². The van der Waals surface area contributed by atoms with Crippen LogP contribution in [0.4, 0.5) is 5.95 Å². The molecular weight excluding hydrogens is 206 g/mol. The van der Waals surface area contributed by atoms with Crippen molar-refractivity contribution in [1.29, 1.82) is 0 Å². The maximum Gasteiger partial charge on any atom is 0.305 e. The van der Waals surface area contributed by atoms with Gasteiger partial charge in [0.15, 0.2) is 0 Å². The molecule has 0 unspecified atom stereocenters. The van der Waals surface area contributed by atoms with Gasteiger partial charge in [-0.2, -0.15) is 0 Å². The number of nitrogens with zero attached hydrogens (tertiary/aromatic N) is 3. The molecule has 0 radical (unpaired) electrons. The molecule has 0 atom stereocenters. The minimum absolute atomic E-state index is 0.0891. The van der Waals surface area contributed by atoms with E-state index in [1.807, 2.05) is 0 Å². The van der Waals surface area contributed by atoms with Gasteiger partial charge >= 0.3 is 5.97 Å². The van der Waals surface area contributed by atoms with E-state index in [0.717, 1.165) is 5.56 Å². The van der Waals surface area contributed by atoms with E-state index in [1.165, 1.54) is 0 Å².